The van der Waals surface area contributed by atoms with E-state index >= 15 is 0 Å². The Balaban J connectivity index is 2.17. The number of nitrogens with zero attached hydrogens (tertiary/aromatic N) is 2. The van der Waals surface area contributed by atoms with Gasteiger partial charge in [0.15, 0.2) is 0 Å². The molecule has 0 spiro atoms. The van der Waals surface area contributed by atoms with Gasteiger partial charge in [0.25, 0.3) is 0 Å². The van der Waals surface area contributed by atoms with Crippen LogP contribution >= 0.6 is 15.9 Å². The van der Waals surface area contributed by atoms with Gasteiger partial charge in [-0.25, -0.2) is 4.98 Å². The highest BCUT2D eigenvalue weighted by molar-refractivity contribution is 9.10. The molecule has 2 aromatic rings. The molecule has 0 fully saturated rings. The van der Waals surface area contributed by atoms with Gasteiger partial charge in [-0.3, -0.25) is 0 Å². The third kappa shape index (κ3) is 4.17. The molecule has 0 saturated heterocycles. The average molecular weight is 350 g/mol. The lowest BCUT2D eigenvalue weighted by molar-refractivity contribution is 0.290. The molecule has 0 amide bonds. The van der Waals surface area contributed by atoms with Crippen LogP contribution in [0, 0.1) is 6.92 Å². The summed E-state index contributed by atoms with van der Waals surface area (Å²) in [4.78, 5) is 9.02. The summed E-state index contributed by atoms with van der Waals surface area (Å²) in [5, 5.41) is 3.10. The standard InChI is InChI=1S/C16H20BrN3O/c1-4-5-14-19-15(18-3)11(2)16(20-14)21-10-12-6-8-13(17)9-7-12/h6-9H,4-5,10H2,1-3H3,(H,18,19,20). The van der Waals surface area contributed by atoms with Gasteiger partial charge < -0.3 is 10.1 Å². The van der Waals surface area contributed by atoms with Crippen LogP contribution in [-0.4, -0.2) is 17.0 Å². The lowest BCUT2D eigenvalue weighted by atomic mass is 10.2. The zero-order valence-corrected chi connectivity index (χ0v) is 14.2. The number of halogens is 1. The van der Waals surface area contributed by atoms with Gasteiger partial charge in [-0.15, -0.1) is 0 Å². The molecule has 2 rings (SSSR count). The first-order valence-electron chi connectivity index (χ1n) is 7.06. The maximum atomic E-state index is 5.89. The van der Waals surface area contributed by atoms with Crippen molar-refractivity contribution in [3.63, 3.8) is 0 Å². The van der Waals surface area contributed by atoms with E-state index in [2.05, 4.69) is 38.1 Å². The third-order valence-electron chi connectivity index (χ3n) is 3.15. The molecule has 1 heterocycles. The molecule has 1 aromatic carbocycles. The van der Waals surface area contributed by atoms with E-state index in [-0.39, 0.29) is 0 Å². The van der Waals surface area contributed by atoms with Crippen LogP contribution in [-0.2, 0) is 13.0 Å². The van der Waals surface area contributed by atoms with Crippen LogP contribution < -0.4 is 10.1 Å². The van der Waals surface area contributed by atoms with Crippen LogP contribution in [0.4, 0.5) is 5.82 Å². The fourth-order valence-corrected chi connectivity index (χ4v) is 2.26. The smallest absolute Gasteiger partial charge is 0.222 e. The van der Waals surface area contributed by atoms with E-state index in [1.165, 1.54) is 0 Å². The molecule has 1 aromatic heterocycles. The zero-order chi connectivity index (χ0) is 15.2. The van der Waals surface area contributed by atoms with Gasteiger partial charge in [0, 0.05) is 17.9 Å². The van der Waals surface area contributed by atoms with Gasteiger partial charge in [-0.1, -0.05) is 35.0 Å². The molecular formula is C16H20BrN3O. The number of anilines is 1. The monoisotopic (exact) mass is 349 g/mol. The number of ether oxygens (including phenoxy) is 1. The topological polar surface area (TPSA) is 47.0 Å². The van der Waals surface area contributed by atoms with Crippen molar-refractivity contribution in [2.75, 3.05) is 12.4 Å². The molecule has 0 saturated carbocycles. The fourth-order valence-electron chi connectivity index (χ4n) is 1.99. The number of benzene rings is 1. The fraction of sp³-hybridized carbons (Fsp3) is 0.375. The Morgan fingerprint density at radius 3 is 2.52 bits per heavy atom. The second kappa shape index (κ2) is 7.41. The lowest BCUT2D eigenvalue weighted by Gasteiger charge is -2.13. The van der Waals surface area contributed by atoms with Gasteiger partial charge in [-0.05, 0) is 31.0 Å². The molecule has 0 radical (unpaired) electrons. The van der Waals surface area contributed by atoms with E-state index in [9.17, 15) is 0 Å². The molecule has 1 N–H and O–H groups in total. The molecule has 0 aliphatic carbocycles. The molecule has 0 atom stereocenters. The highest BCUT2D eigenvalue weighted by Gasteiger charge is 2.11. The normalized spacial score (nSPS) is 10.5. The van der Waals surface area contributed by atoms with E-state index in [0.717, 1.165) is 40.1 Å². The number of hydrogen-bond acceptors (Lipinski definition) is 4. The summed E-state index contributed by atoms with van der Waals surface area (Å²) in [7, 11) is 1.86. The van der Waals surface area contributed by atoms with E-state index in [4.69, 9.17) is 4.74 Å². The first kappa shape index (κ1) is 15.8. The van der Waals surface area contributed by atoms with Crippen LogP contribution in [0.3, 0.4) is 0 Å². The van der Waals surface area contributed by atoms with Crippen LogP contribution in [0.15, 0.2) is 28.7 Å². The molecule has 4 nitrogen and oxygen atoms in total. The predicted molar refractivity (Wildman–Crippen MR) is 88.8 cm³/mol. The quantitative estimate of drug-likeness (QED) is 0.851. The Bertz CT molecular complexity index is 599. The van der Waals surface area contributed by atoms with E-state index in [1.54, 1.807) is 0 Å². The van der Waals surface area contributed by atoms with Gasteiger partial charge in [0.2, 0.25) is 5.88 Å². The molecule has 0 aliphatic rings. The van der Waals surface area contributed by atoms with Gasteiger partial charge in [-0.2, -0.15) is 4.98 Å². The molecule has 112 valence electrons. The summed E-state index contributed by atoms with van der Waals surface area (Å²) in [6.45, 7) is 4.59. The number of aryl methyl sites for hydroxylation is 1. The molecule has 0 aliphatic heterocycles. The van der Waals surface area contributed by atoms with Crippen LogP contribution in [0.2, 0.25) is 0 Å². The second-order valence-corrected chi connectivity index (χ2v) is 5.75. The van der Waals surface area contributed by atoms with Crippen LogP contribution in [0.5, 0.6) is 5.88 Å². The minimum atomic E-state index is 0.500. The maximum absolute atomic E-state index is 5.89. The van der Waals surface area contributed by atoms with Crippen molar-refractivity contribution in [1.29, 1.82) is 0 Å². The zero-order valence-electron chi connectivity index (χ0n) is 12.6. The summed E-state index contributed by atoms with van der Waals surface area (Å²) >= 11 is 3.43. The van der Waals surface area contributed by atoms with Crippen molar-refractivity contribution in [3.8, 4) is 5.88 Å². The number of aromatic nitrogens is 2. The van der Waals surface area contributed by atoms with Crippen LogP contribution in [0.1, 0.15) is 30.3 Å². The van der Waals surface area contributed by atoms with E-state index in [1.807, 2.05) is 38.2 Å². The summed E-state index contributed by atoms with van der Waals surface area (Å²) in [5.41, 5.74) is 2.05. The largest absolute Gasteiger partial charge is 0.472 e. The Morgan fingerprint density at radius 2 is 1.90 bits per heavy atom. The predicted octanol–water partition coefficient (Wildman–Crippen LogP) is 4.12. The van der Waals surface area contributed by atoms with Gasteiger partial charge in [0.1, 0.15) is 18.2 Å². The first-order chi connectivity index (χ1) is 10.1. The van der Waals surface area contributed by atoms with Gasteiger partial charge in [0.05, 0.1) is 5.56 Å². The van der Waals surface area contributed by atoms with Gasteiger partial charge >= 0.3 is 0 Å². The highest BCUT2D eigenvalue weighted by atomic mass is 79.9. The Morgan fingerprint density at radius 1 is 1.19 bits per heavy atom. The Hall–Kier alpha value is -1.62. The third-order valence-corrected chi connectivity index (χ3v) is 3.68. The van der Waals surface area contributed by atoms with Crippen molar-refractivity contribution in [2.45, 2.75) is 33.3 Å². The maximum Gasteiger partial charge on any atom is 0.222 e. The van der Waals surface area contributed by atoms with E-state index < -0.39 is 0 Å². The minimum absolute atomic E-state index is 0.500. The van der Waals surface area contributed by atoms with E-state index in [0.29, 0.717) is 12.5 Å². The summed E-state index contributed by atoms with van der Waals surface area (Å²) in [6, 6.07) is 8.08. The second-order valence-electron chi connectivity index (χ2n) is 4.83. The Kier molecular flexibility index (Phi) is 5.56. The molecule has 0 unspecified atom stereocenters. The first-order valence-corrected chi connectivity index (χ1v) is 7.85. The summed E-state index contributed by atoms with van der Waals surface area (Å²) < 4.78 is 6.95. The number of nitrogens with one attached hydrogen (secondary N) is 1. The van der Waals surface area contributed by atoms with Crippen molar-refractivity contribution in [1.82, 2.24) is 9.97 Å². The molecule has 21 heavy (non-hydrogen) atoms. The minimum Gasteiger partial charge on any atom is -0.472 e. The average Bonchev–Trinajstić information content (AvgIpc) is 2.49. The Labute approximate surface area is 134 Å². The molecule has 5 heteroatoms. The van der Waals surface area contributed by atoms with Crippen molar-refractivity contribution < 1.29 is 4.74 Å². The molecular weight excluding hydrogens is 330 g/mol. The molecule has 0 bridgehead atoms. The van der Waals surface area contributed by atoms with Crippen molar-refractivity contribution in [2.24, 2.45) is 0 Å². The van der Waals surface area contributed by atoms with Crippen molar-refractivity contribution in [3.05, 3.63) is 45.7 Å². The lowest BCUT2D eigenvalue weighted by Crippen LogP contribution is -2.07. The summed E-state index contributed by atoms with van der Waals surface area (Å²) in [5.74, 6) is 2.30. The number of rotatable bonds is 6. The highest BCUT2D eigenvalue weighted by Crippen LogP contribution is 2.23. The van der Waals surface area contributed by atoms with Crippen LogP contribution in [0.25, 0.3) is 0 Å². The summed E-state index contributed by atoms with van der Waals surface area (Å²) in [6.07, 6.45) is 1.86. The number of hydrogen-bond donors (Lipinski definition) is 1. The van der Waals surface area contributed by atoms with Crippen molar-refractivity contribution >= 4 is 21.7 Å². The SMILES string of the molecule is CCCc1nc(NC)c(C)c(OCc2ccc(Br)cc2)n1.